The summed E-state index contributed by atoms with van der Waals surface area (Å²) in [5, 5.41) is 33.5. The first kappa shape index (κ1) is 19.9. The predicted molar refractivity (Wildman–Crippen MR) is 74.5 cm³/mol. The highest BCUT2D eigenvalue weighted by atomic mass is 16.4. The Morgan fingerprint density at radius 3 is 1.27 bits per heavy atom. The van der Waals surface area contributed by atoms with Crippen molar-refractivity contribution in [1.29, 1.82) is 0 Å². The zero-order chi connectivity index (χ0) is 17.1. The van der Waals surface area contributed by atoms with E-state index in [2.05, 4.69) is 0 Å². The zero-order valence-electron chi connectivity index (χ0n) is 12.2. The van der Waals surface area contributed by atoms with Gasteiger partial charge in [-0.25, -0.2) is 0 Å². The van der Waals surface area contributed by atoms with E-state index in [0.717, 1.165) is 0 Å². The first-order valence-corrected chi connectivity index (χ1v) is 7.13. The van der Waals surface area contributed by atoms with Crippen LogP contribution in [0.2, 0.25) is 0 Å². The number of aliphatic carboxylic acids is 4. The van der Waals surface area contributed by atoms with Crippen LogP contribution in [-0.4, -0.2) is 44.3 Å². The molecular formula is C14H22O8. The first-order chi connectivity index (χ1) is 10.2. The molecule has 2 atom stereocenters. The average molecular weight is 318 g/mol. The van der Waals surface area contributed by atoms with E-state index < -0.39 is 35.7 Å². The third-order valence-corrected chi connectivity index (χ3v) is 3.41. The molecule has 0 amide bonds. The maximum atomic E-state index is 10.4. The maximum absolute atomic E-state index is 10.4. The van der Waals surface area contributed by atoms with Gasteiger partial charge in [0, 0.05) is 12.8 Å². The summed E-state index contributed by atoms with van der Waals surface area (Å²) in [5.74, 6) is -4.24. The third-order valence-electron chi connectivity index (χ3n) is 3.41. The van der Waals surface area contributed by atoms with Crippen LogP contribution in [0.25, 0.3) is 0 Å². The van der Waals surface area contributed by atoms with Crippen LogP contribution in [0.5, 0.6) is 0 Å². The third kappa shape index (κ3) is 9.73. The molecule has 1 fully saturated rings. The van der Waals surface area contributed by atoms with Crippen molar-refractivity contribution in [3.05, 3.63) is 0 Å². The smallest absolute Gasteiger partial charge is 0.306 e. The van der Waals surface area contributed by atoms with Crippen molar-refractivity contribution in [3.8, 4) is 0 Å². The van der Waals surface area contributed by atoms with Gasteiger partial charge in [0.15, 0.2) is 0 Å². The van der Waals surface area contributed by atoms with Crippen LogP contribution < -0.4 is 0 Å². The summed E-state index contributed by atoms with van der Waals surface area (Å²) in [4.78, 5) is 40.7. The molecule has 0 radical (unpaired) electrons. The summed E-state index contributed by atoms with van der Waals surface area (Å²) in [6.45, 7) is 0. The summed E-state index contributed by atoms with van der Waals surface area (Å²) in [6.07, 6.45) is 3.41. The molecule has 1 saturated carbocycles. The molecule has 126 valence electrons. The van der Waals surface area contributed by atoms with Gasteiger partial charge in [0.1, 0.15) is 0 Å². The fraction of sp³-hybridized carbons (Fsp3) is 0.714. The molecule has 0 spiro atoms. The van der Waals surface area contributed by atoms with Crippen LogP contribution in [0.3, 0.4) is 0 Å². The van der Waals surface area contributed by atoms with Crippen LogP contribution in [-0.2, 0) is 19.2 Å². The molecule has 1 aliphatic carbocycles. The Bertz CT molecular complexity index is 368. The molecule has 0 saturated heterocycles. The van der Waals surface area contributed by atoms with E-state index in [0.29, 0.717) is 38.5 Å². The predicted octanol–water partition coefficient (Wildman–Crippen LogP) is 1.68. The zero-order valence-corrected chi connectivity index (χ0v) is 12.2. The Labute approximate surface area is 127 Å². The van der Waals surface area contributed by atoms with Crippen LogP contribution >= 0.6 is 0 Å². The van der Waals surface area contributed by atoms with E-state index in [1.807, 2.05) is 0 Å². The van der Waals surface area contributed by atoms with E-state index in [1.54, 1.807) is 0 Å². The molecular weight excluding hydrogens is 296 g/mol. The molecule has 8 nitrogen and oxygen atoms in total. The lowest BCUT2D eigenvalue weighted by atomic mass is 10.1. The molecule has 22 heavy (non-hydrogen) atoms. The van der Waals surface area contributed by atoms with Gasteiger partial charge in [0.25, 0.3) is 0 Å². The van der Waals surface area contributed by atoms with Gasteiger partial charge in [0.2, 0.25) is 0 Å². The Morgan fingerprint density at radius 1 is 0.682 bits per heavy atom. The van der Waals surface area contributed by atoms with Crippen molar-refractivity contribution < 1.29 is 39.6 Å². The monoisotopic (exact) mass is 318 g/mol. The second kappa shape index (κ2) is 10.6. The van der Waals surface area contributed by atoms with Crippen molar-refractivity contribution in [3.63, 3.8) is 0 Å². The maximum Gasteiger partial charge on any atom is 0.306 e. The Morgan fingerprint density at radius 2 is 1.05 bits per heavy atom. The Balaban J connectivity index is 0.000000401. The van der Waals surface area contributed by atoms with Gasteiger partial charge in [-0.3, -0.25) is 19.2 Å². The van der Waals surface area contributed by atoms with Crippen molar-refractivity contribution in [2.75, 3.05) is 0 Å². The van der Waals surface area contributed by atoms with E-state index in [9.17, 15) is 19.2 Å². The molecule has 0 heterocycles. The van der Waals surface area contributed by atoms with Crippen LogP contribution in [0.4, 0.5) is 0 Å². The quantitative estimate of drug-likeness (QED) is 0.494. The lowest BCUT2D eigenvalue weighted by Gasteiger charge is -2.01. The summed E-state index contributed by atoms with van der Waals surface area (Å²) < 4.78 is 0. The highest BCUT2D eigenvalue weighted by Gasteiger charge is 2.33. The van der Waals surface area contributed by atoms with Gasteiger partial charge in [-0.2, -0.15) is 0 Å². The largest absolute Gasteiger partial charge is 0.481 e. The van der Waals surface area contributed by atoms with Crippen LogP contribution in [0, 0.1) is 11.8 Å². The number of rotatable bonds is 8. The molecule has 2 unspecified atom stereocenters. The molecule has 0 aliphatic heterocycles. The van der Waals surface area contributed by atoms with Gasteiger partial charge in [-0.15, -0.1) is 0 Å². The SMILES string of the molecule is O=C(O)C1CCC(C(=O)O)C1.O=C(O)CCCCCC(=O)O. The van der Waals surface area contributed by atoms with Crippen LogP contribution in [0.15, 0.2) is 0 Å². The lowest BCUT2D eigenvalue weighted by molar-refractivity contribution is -0.143. The fourth-order valence-electron chi connectivity index (χ4n) is 2.16. The number of unbranched alkanes of at least 4 members (excludes halogenated alkanes) is 2. The van der Waals surface area contributed by atoms with Gasteiger partial charge in [-0.1, -0.05) is 6.42 Å². The van der Waals surface area contributed by atoms with Gasteiger partial charge in [-0.05, 0) is 32.1 Å². The molecule has 4 N–H and O–H groups in total. The minimum atomic E-state index is -0.867. The molecule has 0 aromatic rings. The van der Waals surface area contributed by atoms with Gasteiger partial charge >= 0.3 is 23.9 Å². The number of carboxylic acids is 4. The summed E-state index contributed by atoms with van der Waals surface area (Å²) >= 11 is 0. The minimum absolute atomic E-state index is 0.139. The molecule has 8 heteroatoms. The van der Waals surface area contributed by atoms with E-state index in [1.165, 1.54) is 0 Å². The normalized spacial score (nSPS) is 19.8. The Kier molecular flexibility index (Phi) is 9.56. The number of carboxylic acid groups (broad SMARTS) is 4. The van der Waals surface area contributed by atoms with Gasteiger partial charge in [0.05, 0.1) is 11.8 Å². The van der Waals surface area contributed by atoms with Crippen molar-refractivity contribution in [1.82, 2.24) is 0 Å². The number of hydrogen-bond donors (Lipinski definition) is 4. The van der Waals surface area contributed by atoms with Crippen LogP contribution in [0.1, 0.15) is 51.4 Å². The second-order valence-corrected chi connectivity index (χ2v) is 5.23. The minimum Gasteiger partial charge on any atom is -0.481 e. The molecule has 0 bridgehead atoms. The Hall–Kier alpha value is -2.12. The van der Waals surface area contributed by atoms with E-state index >= 15 is 0 Å². The van der Waals surface area contributed by atoms with E-state index in [-0.39, 0.29) is 12.8 Å². The summed E-state index contributed by atoms with van der Waals surface area (Å²) in [7, 11) is 0. The topological polar surface area (TPSA) is 149 Å². The van der Waals surface area contributed by atoms with Gasteiger partial charge < -0.3 is 20.4 Å². The van der Waals surface area contributed by atoms with Crippen molar-refractivity contribution in [2.45, 2.75) is 51.4 Å². The number of carbonyl (C=O) groups is 4. The second-order valence-electron chi connectivity index (χ2n) is 5.23. The molecule has 0 aromatic heterocycles. The lowest BCUT2D eigenvalue weighted by Crippen LogP contribution is -2.13. The molecule has 1 aliphatic rings. The summed E-state index contributed by atoms with van der Waals surface area (Å²) in [5.41, 5.74) is 0. The highest BCUT2D eigenvalue weighted by molar-refractivity contribution is 5.75. The van der Waals surface area contributed by atoms with Crippen molar-refractivity contribution in [2.24, 2.45) is 11.8 Å². The van der Waals surface area contributed by atoms with Crippen molar-refractivity contribution >= 4 is 23.9 Å². The molecule has 0 aromatic carbocycles. The first-order valence-electron chi connectivity index (χ1n) is 7.13. The average Bonchev–Trinajstić information content (AvgIpc) is 2.88. The summed E-state index contributed by atoms with van der Waals surface area (Å²) in [6, 6.07) is 0. The number of hydrogen-bond acceptors (Lipinski definition) is 4. The fourth-order valence-corrected chi connectivity index (χ4v) is 2.16. The molecule has 1 rings (SSSR count). The van der Waals surface area contributed by atoms with E-state index in [4.69, 9.17) is 20.4 Å². The highest BCUT2D eigenvalue weighted by Crippen LogP contribution is 2.30. The standard InChI is InChI=1S/C7H10O4.C7H12O4/c8-6(9)4-1-2-5(3-4)7(10)11;8-6(9)4-2-1-3-5-7(10)11/h4-5H,1-3H2,(H,8,9)(H,10,11);1-5H2,(H,8,9)(H,10,11).